The monoisotopic (exact) mass is 266 g/mol. The molecule has 0 fully saturated rings. The van der Waals surface area contributed by atoms with Gasteiger partial charge in [-0.3, -0.25) is 0 Å². The van der Waals surface area contributed by atoms with Crippen LogP contribution in [0.2, 0.25) is 0 Å². The quantitative estimate of drug-likeness (QED) is 0.774. The van der Waals surface area contributed by atoms with Crippen LogP contribution in [0.25, 0.3) is 17.2 Å². The van der Waals surface area contributed by atoms with Crippen LogP contribution in [0.15, 0.2) is 48.5 Å². The maximum atomic E-state index is 4.48. The molecule has 20 heavy (non-hydrogen) atoms. The molecule has 0 aliphatic heterocycles. The van der Waals surface area contributed by atoms with Gasteiger partial charge in [0.15, 0.2) is 5.82 Å². The first-order chi connectivity index (χ1) is 9.86. The fourth-order valence-electron chi connectivity index (χ4n) is 1.87. The Hall–Kier alpha value is -2.60. The number of hydrogen-bond donors (Lipinski definition) is 1. The van der Waals surface area contributed by atoms with E-state index in [2.05, 4.69) is 25.7 Å². The number of aromatic nitrogens is 5. The van der Waals surface area contributed by atoms with Crippen molar-refractivity contribution in [3.8, 4) is 17.2 Å². The molecule has 3 rings (SSSR count). The van der Waals surface area contributed by atoms with Gasteiger partial charge in [0.05, 0.1) is 5.69 Å². The summed E-state index contributed by atoms with van der Waals surface area (Å²) in [6.45, 7) is 0.702. The maximum absolute atomic E-state index is 4.48. The minimum Gasteiger partial charge on any atom is -0.314 e. The van der Waals surface area contributed by atoms with E-state index >= 15 is 0 Å². The second-order valence-corrected chi connectivity index (χ2v) is 4.29. The summed E-state index contributed by atoms with van der Waals surface area (Å²) in [6.07, 6.45) is 0. The van der Waals surface area contributed by atoms with Crippen molar-refractivity contribution in [2.75, 3.05) is 7.05 Å². The van der Waals surface area contributed by atoms with Gasteiger partial charge in [-0.05, 0) is 24.4 Å². The van der Waals surface area contributed by atoms with Crippen LogP contribution in [0, 0.1) is 0 Å². The molecule has 2 heterocycles. The molecule has 0 bridgehead atoms. The van der Waals surface area contributed by atoms with E-state index in [1.165, 1.54) is 4.80 Å². The zero-order valence-electron chi connectivity index (χ0n) is 11.1. The summed E-state index contributed by atoms with van der Waals surface area (Å²) in [7, 11) is 1.88. The first-order valence-corrected chi connectivity index (χ1v) is 6.33. The van der Waals surface area contributed by atoms with E-state index in [1.807, 2.05) is 55.6 Å². The van der Waals surface area contributed by atoms with Gasteiger partial charge in [-0.1, -0.05) is 36.4 Å². The van der Waals surface area contributed by atoms with Gasteiger partial charge in [0, 0.05) is 12.1 Å². The second kappa shape index (κ2) is 5.58. The lowest BCUT2D eigenvalue weighted by Gasteiger charge is -2.01. The summed E-state index contributed by atoms with van der Waals surface area (Å²) in [5, 5.41) is 15.6. The van der Waals surface area contributed by atoms with E-state index < -0.39 is 0 Å². The summed E-state index contributed by atoms with van der Waals surface area (Å²) in [5.74, 6) is 1.25. The number of benzene rings is 1. The highest BCUT2D eigenvalue weighted by molar-refractivity contribution is 5.53. The third-order valence-corrected chi connectivity index (χ3v) is 2.80. The van der Waals surface area contributed by atoms with E-state index in [0.29, 0.717) is 18.2 Å². The van der Waals surface area contributed by atoms with Crippen LogP contribution in [0.1, 0.15) is 5.69 Å². The van der Waals surface area contributed by atoms with Gasteiger partial charge in [-0.2, -0.15) is 0 Å². The van der Waals surface area contributed by atoms with E-state index in [9.17, 15) is 0 Å². The van der Waals surface area contributed by atoms with Gasteiger partial charge >= 0.3 is 0 Å². The highest BCUT2D eigenvalue weighted by Crippen LogP contribution is 2.13. The van der Waals surface area contributed by atoms with Crippen molar-refractivity contribution < 1.29 is 0 Å². The predicted octanol–water partition coefficient (Wildman–Crippen LogP) is 1.44. The molecule has 1 aromatic carbocycles. The Morgan fingerprint density at radius 1 is 1.05 bits per heavy atom. The Bertz CT molecular complexity index is 692. The summed E-state index contributed by atoms with van der Waals surface area (Å²) in [4.78, 5) is 5.92. The molecule has 1 N–H and O–H groups in total. The van der Waals surface area contributed by atoms with Gasteiger partial charge in [0.1, 0.15) is 0 Å². The SMILES string of the molecule is CNCc1cccc(-n2nnc(-c3ccccc3)n2)n1. The molecule has 6 heteroatoms. The first-order valence-electron chi connectivity index (χ1n) is 6.33. The molecule has 0 aliphatic carbocycles. The highest BCUT2D eigenvalue weighted by Gasteiger charge is 2.07. The van der Waals surface area contributed by atoms with Gasteiger partial charge in [0.2, 0.25) is 5.82 Å². The van der Waals surface area contributed by atoms with Crippen LogP contribution < -0.4 is 5.32 Å². The molecule has 0 atom stereocenters. The van der Waals surface area contributed by atoms with Crippen LogP contribution >= 0.6 is 0 Å². The number of rotatable bonds is 4. The van der Waals surface area contributed by atoms with Crippen molar-refractivity contribution in [1.29, 1.82) is 0 Å². The zero-order valence-corrected chi connectivity index (χ0v) is 11.1. The number of hydrogen-bond acceptors (Lipinski definition) is 5. The number of nitrogens with zero attached hydrogens (tertiary/aromatic N) is 5. The minimum absolute atomic E-state index is 0.589. The number of pyridine rings is 1. The highest BCUT2D eigenvalue weighted by atomic mass is 15.6. The Balaban J connectivity index is 1.92. The lowest BCUT2D eigenvalue weighted by molar-refractivity contribution is 0.689. The van der Waals surface area contributed by atoms with E-state index in [-0.39, 0.29) is 0 Å². The van der Waals surface area contributed by atoms with Crippen LogP contribution in [-0.4, -0.2) is 32.2 Å². The zero-order chi connectivity index (χ0) is 13.8. The Labute approximate surface area is 116 Å². The fourth-order valence-corrected chi connectivity index (χ4v) is 1.87. The van der Waals surface area contributed by atoms with Gasteiger partial charge in [-0.15, -0.1) is 15.0 Å². The molecular weight excluding hydrogens is 252 g/mol. The van der Waals surface area contributed by atoms with Gasteiger partial charge in [0.25, 0.3) is 0 Å². The third kappa shape index (κ3) is 2.55. The fraction of sp³-hybridized carbons (Fsp3) is 0.143. The van der Waals surface area contributed by atoms with Crippen molar-refractivity contribution in [2.24, 2.45) is 0 Å². The van der Waals surface area contributed by atoms with E-state index in [4.69, 9.17) is 0 Å². The Morgan fingerprint density at radius 3 is 2.70 bits per heavy atom. The molecular formula is C14H14N6. The predicted molar refractivity (Wildman–Crippen MR) is 75.1 cm³/mol. The molecule has 6 nitrogen and oxygen atoms in total. The molecule has 0 aliphatic rings. The minimum atomic E-state index is 0.589. The molecule has 100 valence electrons. The van der Waals surface area contributed by atoms with Crippen LogP contribution in [0.4, 0.5) is 0 Å². The molecule has 2 aromatic heterocycles. The summed E-state index contributed by atoms with van der Waals surface area (Å²) in [6, 6.07) is 15.5. The van der Waals surface area contributed by atoms with Crippen molar-refractivity contribution in [3.05, 3.63) is 54.2 Å². The Kier molecular flexibility index (Phi) is 3.47. The maximum Gasteiger partial charge on any atom is 0.205 e. The van der Waals surface area contributed by atoms with E-state index in [0.717, 1.165) is 11.3 Å². The number of tetrazole rings is 1. The molecule has 0 spiro atoms. The van der Waals surface area contributed by atoms with Crippen molar-refractivity contribution in [1.82, 2.24) is 30.5 Å². The van der Waals surface area contributed by atoms with Crippen LogP contribution in [0.5, 0.6) is 0 Å². The average Bonchev–Trinajstić information content (AvgIpc) is 2.99. The summed E-state index contributed by atoms with van der Waals surface area (Å²) < 4.78 is 0. The third-order valence-electron chi connectivity index (χ3n) is 2.80. The van der Waals surface area contributed by atoms with Crippen LogP contribution in [0.3, 0.4) is 0 Å². The van der Waals surface area contributed by atoms with E-state index in [1.54, 1.807) is 0 Å². The Morgan fingerprint density at radius 2 is 1.90 bits per heavy atom. The summed E-state index contributed by atoms with van der Waals surface area (Å²) in [5.41, 5.74) is 1.87. The molecule has 0 saturated heterocycles. The van der Waals surface area contributed by atoms with Crippen molar-refractivity contribution in [2.45, 2.75) is 6.54 Å². The molecule has 0 unspecified atom stereocenters. The lowest BCUT2D eigenvalue weighted by atomic mass is 10.2. The lowest BCUT2D eigenvalue weighted by Crippen LogP contribution is -2.09. The van der Waals surface area contributed by atoms with Crippen molar-refractivity contribution in [3.63, 3.8) is 0 Å². The first kappa shape index (κ1) is 12.4. The standard InChI is InChI=1S/C14H14N6/c1-15-10-12-8-5-9-13(16-12)20-18-14(17-19-20)11-6-3-2-4-7-11/h2-9,15H,10H2,1H3. The van der Waals surface area contributed by atoms with Gasteiger partial charge < -0.3 is 5.32 Å². The second-order valence-electron chi connectivity index (χ2n) is 4.29. The smallest absolute Gasteiger partial charge is 0.205 e. The normalized spacial score (nSPS) is 10.7. The van der Waals surface area contributed by atoms with Crippen LogP contribution in [-0.2, 0) is 6.54 Å². The summed E-state index contributed by atoms with van der Waals surface area (Å²) >= 11 is 0. The average molecular weight is 266 g/mol. The largest absolute Gasteiger partial charge is 0.314 e. The molecule has 0 saturated carbocycles. The molecule has 3 aromatic rings. The topological polar surface area (TPSA) is 68.5 Å². The molecule has 0 amide bonds. The van der Waals surface area contributed by atoms with Gasteiger partial charge in [-0.25, -0.2) is 4.98 Å². The molecule has 0 radical (unpaired) electrons. The van der Waals surface area contributed by atoms with Crippen molar-refractivity contribution >= 4 is 0 Å². The number of nitrogens with one attached hydrogen (secondary N) is 1.